The van der Waals surface area contributed by atoms with Gasteiger partial charge in [-0.3, -0.25) is 15.2 Å². The van der Waals surface area contributed by atoms with Gasteiger partial charge in [-0.1, -0.05) is 24.3 Å². The van der Waals surface area contributed by atoms with E-state index >= 15 is 0 Å². The summed E-state index contributed by atoms with van der Waals surface area (Å²) in [6, 6.07) is 16.1. The number of aryl methyl sites for hydroxylation is 1. The molecule has 30 heavy (non-hydrogen) atoms. The van der Waals surface area contributed by atoms with Crippen molar-refractivity contribution in [3.63, 3.8) is 0 Å². The van der Waals surface area contributed by atoms with Gasteiger partial charge in [0.15, 0.2) is 0 Å². The van der Waals surface area contributed by atoms with Gasteiger partial charge in [-0.25, -0.2) is 0 Å². The fraction of sp³-hybridized carbons (Fsp3) is 0.292. The molecule has 0 unspecified atom stereocenters. The van der Waals surface area contributed by atoms with Crippen LogP contribution < -0.4 is 16.0 Å². The van der Waals surface area contributed by atoms with Crippen molar-refractivity contribution in [1.82, 2.24) is 10.3 Å². The van der Waals surface area contributed by atoms with Crippen molar-refractivity contribution >= 4 is 28.3 Å². The minimum absolute atomic E-state index is 0.0450. The molecule has 1 aliphatic carbocycles. The topological polar surface area (TPSA) is 95.1 Å². The Morgan fingerprint density at radius 2 is 1.97 bits per heavy atom. The normalized spacial score (nSPS) is 17.4. The minimum atomic E-state index is -0.321. The van der Waals surface area contributed by atoms with E-state index in [1.165, 1.54) is 0 Å². The SMILES string of the molecule is Cc1ccc(N2CC(C(=N)N)C2)cc1C(=O)NC1(c2ccnc3ccccc23)CC1. The van der Waals surface area contributed by atoms with Gasteiger partial charge in [-0.2, -0.15) is 0 Å². The number of aromatic nitrogens is 1. The van der Waals surface area contributed by atoms with Gasteiger partial charge in [0, 0.05) is 35.9 Å². The van der Waals surface area contributed by atoms with Gasteiger partial charge in [0.25, 0.3) is 5.91 Å². The van der Waals surface area contributed by atoms with Crippen molar-refractivity contribution in [2.45, 2.75) is 25.3 Å². The standard InChI is InChI=1S/C24H25N5O/c1-15-6-7-17(29-13-16(14-29)22(25)26)12-19(15)23(30)28-24(9-10-24)20-8-11-27-21-5-3-2-4-18(20)21/h2-8,11-12,16H,9-10,13-14H2,1H3,(H3,25,26)(H,28,30). The third-order valence-electron chi connectivity index (χ3n) is 6.42. The van der Waals surface area contributed by atoms with Crippen LogP contribution in [0.25, 0.3) is 10.9 Å². The predicted molar refractivity (Wildman–Crippen MR) is 119 cm³/mol. The Hall–Kier alpha value is -3.41. The number of amides is 1. The van der Waals surface area contributed by atoms with Crippen LogP contribution in [0.5, 0.6) is 0 Å². The van der Waals surface area contributed by atoms with Crippen LogP contribution in [0.15, 0.2) is 54.7 Å². The highest BCUT2D eigenvalue weighted by atomic mass is 16.1. The molecule has 3 aromatic rings. The molecular weight excluding hydrogens is 374 g/mol. The first-order chi connectivity index (χ1) is 14.5. The summed E-state index contributed by atoms with van der Waals surface area (Å²) < 4.78 is 0. The van der Waals surface area contributed by atoms with Gasteiger partial charge in [0.05, 0.1) is 22.8 Å². The first kappa shape index (κ1) is 18.6. The molecule has 4 N–H and O–H groups in total. The lowest BCUT2D eigenvalue weighted by atomic mass is 9.96. The van der Waals surface area contributed by atoms with Crippen molar-refractivity contribution in [3.05, 3.63) is 71.4 Å². The number of carbonyl (C=O) groups is 1. The van der Waals surface area contributed by atoms with E-state index in [0.29, 0.717) is 5.56 Å². The van der Waals surface area contributed by atoms with E-state index in [1.54, 1.807) is 0 Å². The Morgan fingerprint density at radius 3 is 2.70 bits per heavy atom. The van der Waals surface area contributed by atoms with E-state index in [4.69, 9.17) is 11.1 Å². The lowest BCUT2D eigenvalue weighted by molar-refractivity contribution is 0.0930. The van der Waals surface area contributed by atoms with Gasteiger partial charge in [0.1, 0.15) is 0 Å². The van der Waals surface area contributed by atoms with E-state index in [9.17, 15) is 4.79 Å². The molecule has 1 saturated heterocycles. The smallest absolute Gasteiger partial charge is 0.252 e. The van der Waals surface area contributed by atoms with E-state index in [1.807, 2.05) is 55.6 Å². The second-order valence-electron chi connectivity index (χ2n) is 8.47. The highest BCUT2D eigenvalue weighted by Gasteiger charge is 2.47. The van der Waals surface area contributed by atoms with Crippen molar-refractivity contribution in [3.8, 4) is 0 Å². The zero-order valence-electron chi connectivity index (χ0n) is 17.0. The molecular formula is C24H25N5O. The van der Waals surface area contributed by atoms with Crippen LogP contribution in [0.2, 0.25) is 0 Å². The molecule has 6 nitrogen and oxygen atoms in total. The van der Waals surface area contributed by atoms with Crippen LogP contribution in [-0.2, 0) is 5.54 Å². The summed E-state index contributed by atoms with van der Waals surface area (Å²) in [6.45, 7) is 3.42. The summed E-state index contributed by atoms with van der Waals surface area (Å²) in [5, 5.41) is 12.0. The zero-order valence-corrected chi connectivity index (χ0v) is 17.0. The second-order valence-corrected chi connectivity index (χ2v) is 8.47. The number of benzene rings is 2. The molecule has 1 amide bonds. The van der Waals surface area contributed by atoms with Crippen molar-refractivity contribution in [2.24, 2.45) is 11.7 Å². The lowest BCUT2D eigenvalue weighted by Gasteiger charge is -2.40. The quantitative estimate of drug-likeness (QED) is 0.453. The molecule has 152 valence electrons. The Labute approximate surface area is 175 Å². The van der Waals surface area contributed by atoms with E-state index in [0.717, 1.165) is 53.6 Å². The predicted octanol–water partition coefficient (Wildman–Crippen LogP) is 3.33. The molecule has 0 bridgehead atoms. The van der Waals surface area contributed by atoms with Gasteiger partial charge >= 0.3 is 0 Å². The molecule has 6 heteroatoms. The molecule has 0 spiro atoms. The van der Waals surface area contributed by atoms with Gasteiger partial charge in [-0.05, 0) is 55.2 Å². The molecule has 1 aromatic heterocycles. The Morgan fingerprint density at radius 1 is 1.20 bits per heavy atom. The maximum absolute atomic E-state index is 13.3. The number of anilines is 1. The van der Waals surface area contributed by atoms with Crippen molar-refractivity contribution < 1.29 is 4.79 Å². The Bertz CT molecular complexity index is 1160. The van der Waals surface area contributed by atoms with Gasteiger partial charge < -0.3 is 16.0 Å². The summed E-state index contributed by atoms with van der Waals surface area (Å²) in [5.74, 6) is 0.297. The zero-order chi connectivity index (χ0) is 20.9. The number of para-hydroxylation sites is 1. The maximum atomic E-state index is 13.3. The molecule has 2 heterocycles. The molecule has 2 aliphatic rings. The average Bonchev–Trinajstić information content (AvgIpc) is 3.47. The Kier molecular flexibility index (Phi) is 4.24. The number of hydrogen-bond acceptors (Lipinski definition) is 4. The molecule has 2 fully saturated rings. The first-order valence-electron chi connectivity index (χ1n) is 10.3. The molecule has 0 radical (unpaired) electrons. The molecule has 2 aromatic carbocycles. The number of hydrogen-bond donors (Lipinski definition) is 3. The van der Waals surface area contributed by atoms with E-state index < -0.39 is 0 Å². The second kappa shape index (κ2) is 6.83. The Balaban J connectivity index is 1.40. The van der Waals surface area contributed by atoms with Crippen LogP contribution in [0.3, 0.4) is 0 Å². The van der Waals surface area contributed by atoms with E-state index in [2.05, 4.69) is 21.3 Å². The highest BCUT2D eigenvalue weighted by molar-refractivity contribution is 5.98. The number of rotatable bonds is 5. The number of nitrogens with two attached hydrogens (primary N) is 1. The van der Waals surface area contributed by atoms with Gasteiger partial charge in [-0.15, -0.1) is 0 Å². The van der Waals surface area contributed by atoms with Crippen LogP contribution >= 0.6 is 0 Å². The fourth-order valence-corrected chi connectivity index (χ4v) is 4.32. The summed E-state index contributed by atoms with van der Waals surface area (Å²) in [5.41, 5.74) is 10.0. The molecule has 0 atom stereocenters. The van der Waals surface area contributed by atoms with Crippen LogP contribution in [0.4, 0.5) is 5.69 Å². The molecule has 5 rings (SSSR count). The number of nitrogens with one attached hydrogen (secondary N) is 2. The molecule has 1 aliphatic heterocycles. The minimum Gasteiger partial charge on any atom is -0.387 e. The third kappa shape index (κ3) is 3.09. The number of amidine groups is 1. The molecule has 1 saturated carbocycles. The van der Waals surface area contributed by atoms with Crippen LogP contribution in [0, 0.1) is 18.3 Å². The number of fused-ring (bicyclic) bond motifs is 1. The maximum Gasteiger partial charge on any atom is 0.252 e. The highest BCUT2D eigenvalue weighted by Crippen LogP contribution is 2.48. The number of carbonyl (C=O) groups excluding carboxylic acids is 1. The first-order valence-corrected chi connectivity index (χ1v) is 10.3. The summed E-state index contributed by atoms with van der Waals surface area (Å²) in [4.78, 5) is 19.9. The summed E-state index contributed by atoms with van der Waals surface area (Å²) in [7, 11) is 0. The average molecular weight is 399 g/mol. The monoisotopic (exact) mass is 399 g/mol. The lowest BCUT2D eigenvalue weighted by Crippen LogP contribution is -2.52. The van der Waals surface area contributed by atoms with Crippen molar-refractivity contribution in [1.29, 1.82) is 5.41 Å². The van der Waals surface area contributed by atoms with Crippen LogP contribution in [0.1, 0.15) is 34.3 Å². The largest absolute Gasteiger partial charge is 0.387 e. The number of pyridine rings is 1. The summed E-state index contributed by atoms with van der Waals surface area (Å²) in [6.07, 6.45) is 3.68. The third-order valence-corrected chi connectivity index (χ3v) is 6.42. The summed E-state index contributed by atoms with van der Waals surface area (Å²) >= 11 is 0. The number of nitrogens with zero attached hydrogens (tertiary/aromatic N) is 2. The van der Waals surface area contributed by atoms with Gasteiger partial charge in [0.2, 0.25) is 0 Å². The fourth-order valence-electron chi connectivity index (χ4n) is 4.32. The van der Waals surface area contributed by atoms with Crippen LogP contribution in [-0.4, -0.2) is 29.8 Å². The van der Waals surface area contributed by atoms with Crippen molar-refractivity contribution in [2.75, 3.05) is 18.0 Å². The van der Waals surface area contributed by atoms with E-state index in [-0.39, 0.29) is 23.2 Å².